The van der Waals surface area contributed by atoms with Crippen molar-refractivity contribution in [2.75, 3.05) is 0 Å². The Morgan fingerprint density at radius 2 is 2.12 bits per heavy atom. The van der Waals surface area contributed by atoms with E-state index in [2.05, 4.69) is 6.07 Å². The third-order valence-corrected chi connectivity index (χ3v) is 2.88. The number of hydrogen-bond acceptors (Lipinski definition) is 2. The van der Waals surface area contributed by atoms with Gasteiger partial charge in [-0.1, -0.05) is 31.5 Å². The molecule has 0 saturated heterocycles. The minimum absolute atomic E-state index is 0.175. The highest BCUT2D eigenvalue weighted by Crippen LogP contribution is 2.23. The Labute approximate surface area is 107 Å². The van der Waals surface area contributed by atoms with Crippen molar-refractivity contribution in [3.05, 3.63) is 34.3 Å². The molecule has 0 aliphatic carbocycles. The third kappa shape index (κ3) is 3.57. The largest absolute Gasteiger partial charge is 0.293 e. The molecule has 0 saturated carbocycles. The number of nitrogens with zero attached hydrogens (tertiary/aromatic N) is 1. The van der Waals surface area contributed by atoms with Crippen molar-refractivity contribution < 1.29 is 4.79 Å². The van der Waals surface area contributed by atoms with Crippen LogP contribution in [0.1, 0.15) is 36.2 Å². The first-order chi connectivity index (χ1) is 7.95. The van der Waals surface area contributed by atoms with Gasteiger partial charge in [-0.25, -0.2) is 0 Å². The molecule has 17 heavy (non-hydrogen) atoms. The lowest BCUT2D eigenvalue weighted by molar-refractivity contribution is 0.0937. The molecule has 1 aromatic rings. The van der Waals surface area contributed by atoms with Crippen LogP contribution in [0, 0.1) is 30.1 Å². The summed E-state index contributed by atoms with van der Waals surface area (Å²) in [6.07, 6.45) is 0.569. The molecular weight excluding hydrogens is 234 g/mol. The highest BCUT2D eigenvalue weighted by atomic mass is 35.5. The molecule has 0 fully saturated rings. The summed E-state index contributed by atoms with van der Waals surface area (Å²) in [6.45, 7) is 5.90. The van der Waals surface area contributed by atoms with Crippen molar-refractivity contribution in [3.8, 4) is 6.07 Å². The first-order valence-corrected chi connectivity index (χ1v) is 6.03. The van der Waals surface area contributed by atoms with E-state index in [-0.39, 0.29) is 5.78 Å². The van der Waals surface area contributed by atoms with E-state index in [0.717, 1.165) is 5.56 Å². The molecule has 0 heterocycles. The van der Waals surface area contributed by atoms with Crippen molar-refractivity contribution in [3.63, 3.8) is 0 Å². The molecule has 1 rings (SSSR count). The number of nitriles is 1. The van der Waals surface area contributed by atoms with Gasteiger partial charge in [-0.05, 0) is 37.0 Å². The van der Waals surface area contributed by atoms with Crippen LogP contribution in [-0.4, -0.2) is 5.78 Å². The molecule has 1 atom stereocenters. The van der Waals surface area contributed by atoms with E-state index < -0.39 is 5.92 Å². The van der Waals surface area contributed by atoms with Crippen molar-refractivity contribution in [2.45, 2.75) is 27.2 Å². The molecule has 0 amide bonds. The van der Waals surface area contributed by atoms with Crippen LogP contribution in [0.4, 0.5) is 0 Å². The summed E-state index contributed by atoms with van der Waals surface area (Å²) in [7, 11) is 0. The van der Waals surface area contributed by atoms with E-state index >= 15 is 0 Å². The number of Topliss-reactive ketones (excluding diaryl/α,β-unsaturated/α-hetero) is 1. The minimum atomic E-state index is -0.602. The summed E-state index contributed by atoms with van der Waals surface area (Å²) < 4.78 is 0. The van der Waals surface area contributed by atoms with Crippen LogP contribution < -0.4 is 0 Å². The Morgan fingerprint density at radius 1 is 1.47 bits per heavy atom. The number of aryl methyl sites for hydroxylation is 1. The SMILES string of the molecule is Cc1ccc(C(=O)C(C#N)CC(C)C)c(Cl)c1. The van der Waals surface area contributed by atoms with Gasteiger partial charge in [0.15, 0.2) is 5.78 Å². The van der Waals surface area contributed by atoms with Crippen molar-refractivity contribution in [2.24, 2.45) is 11.8 Å². The topological polar surface area (TPSA) is 40.9 Å². The van der Waals surface area contributed by atoms with Gasteiger partial charge < -0.3 is 0 Å². The predicted molar refractivity (Wildman–Crippen MR) is 69.1 cm³/mol. The zero-order valence-corrected chi connectivity index (χ0v) is 11.1. The molecule has 3 heteroatoms. The van der Waals surface area contributed by atoms with Gasteiger partial charge in [-0.2, -0.15) is 5.26 Å². The maximum Gasteiger partial charge on any atom is 0.181 e. The molecule has 1 aromatic carbocycles. The summed E-state index contributed by atoms with van der Waals surface area (Å²) in [6, 6.07) is 7.35. The van der Waals surface area contributed by atoms with Gasteiger partial charge in [0.05, 0.1) is 11.1 Å². The van der Waals surface area contributed by atoms with Crippen LogP contribution in [0.15, 0.2) is 18.2 Å². The van der Waals surface area contributed by atoms with E-state index in [4.69, 9.17) is 16.9 Å². The van der Waals surface area contributed by atoms with Gasteiger partial charge in [-0.3, -0.25) is 4.79 Å². The lowest BCUT2D eigenvalue weighted by Crippen LogP contribution is -2.15. The van der Waals surface area contributed by atoms with Crippen LogP contribution >= 0.6 is 11.6 Å². The fourth-order valence-corrected chi connectivity index (χ4v) is 2.03. The molecule has 0 spiro atoms. The van der Waals surface area contributed by atoms with E-state index in [9.17, 15) is 4.79 Å². The second kappa shape index (κ2) is 5.84. The quantitative estimate of drug-likeness (QED) is 0.757. The summed E-state index contributed by atoms with van der Waals surface area (Å²) >= 11 is 6.03. The van der Waals surface area contributed by atoms with Gasteiger partial charge in [-0.15, -0.1) is 0 Å². The van der Waals surface area contributed by atoms with E-state index in [1.807, 2.05) is 26.8 Å². The van der Waals surface area contributed by atoms with Gasteiger partial charge in [0, 0.05) is 5.56 Å². The highest BCUT2D eigenvalue weighted by molar-refractivity contribution is 6.34. The molecule has 2 nitrogen and oxygen atoms in total. The first-order valence-electron chi connectivity index (χ1n) is 5.65. The number of rotatable bonds is 4. The van der Waals surface area contributed by atoms with Crippen LogP contribution in [0.3, 0.4) is 0 Å². The molecule has 0 aliphatic rings. The monoisotopic (exact) mass is 249 g/mol. The summed E-state index contributed by atoms with van der Waals surface area (Å²) in [4.78, 5) is 12.1. The van der Waals surface area contributed by atoms with Crippen LogP contribution in [0.2, 0.25) is 5.02 Å². The van der Waals surface area contributed by atoms with Crippen molar-refractivity contribution in [1.82, 2.24) is 0 Å². The normalized spacial score (nSPS) is 12.2. The fourth-order valence-electron chi connectivity index (χ4n) is 1.70. The van der Waals surface area contributed by atoms with Gasteiger partial charge in [0.1, 0.15) is 5.92 Å². The average Bonchev–Trinajstić information content (AvgIpc) is 2.24. The Morgan fingerprint density at radius 3 is 2.59 bits per heavy atom. The number of halogens is 1. The lowest BCUT2D eigenvalue weighted by atomic mass is 9.90. The minimum Gasteiger partial charge on any atom is -0.293 e. The van der Waals surface area contributed by atoms with Crippen LogP contribution in [0.5, 0.6) is 0 Å². The number of hydrogen-bond donors (Lipinski definition) is 0. The van der Waals surface area contributed by atoms with Gasteiger partial charge in [0.25, 0.3) is 0 Å². The molecule has 1 unspecified atom stereocenters. The maximum atomic E-state index is 12.1. The predicted octanol–water partition coefficient (Wildman–Crippen LogP) is 4.02. The Balaban J connectivity index is 2.99. The average molecular weight is 250 g/mol. The molecular formula is C14H16ClNO. The zero-order chi connectivity index (χ0) is 13.0. The summed E-state index contributed by atoms with van der Waals surface area (Å²) in [5, 5.41) is 9.47. The molecule has 0 aromatic heterocycles. The highest BCUT2D eigenvalue weighted by Gasteiger charge is 2.22. The number of ketones is 1. The Bertz CT molecular complexity index is 460. The zero-order valence-electron chi connectivity index (χ0n) is 10.3. The van der Waals surface area contributed by atoms with Gasteiger partial charge >= 0.3 is 0 Å². The lowest BCUT2D eigenvalue weighted by Gasteiger charge is -2.11. The number of carbonyl (C=O) groups excluding carboxylic acids is 1. The van der Waals surface area contributed by atoms with Crippen LogP contribution in [0.25, 0.3) is 0 Å². The van der Waals surface area contributed by atoms with E-state index in [1.54, 1.807) is 12.1 Å². The first kappa shape index (κ1) is 13.7. The number of benzene rings is 1. The molecule has 90 valence electrons. The van der Waals surface area contributed by atoms with E-state index in [0.29, 0.717) is 22.9 Å². The van der Waals surface area contributed by atoms with Crippen molar-refractivity contribution in [1.29, 1.82) is 5.26 Å². The molecule has 0 N–H and O–H groups in total. The fraction of sp³-hybridized carbons (Fsp3) is 0.429. The van der Waals surface area contributed by atoms with Crippen LogP contribution in [-0.2, 0) is 0 Å². The van der Waals surface area contributed by atoms with E-state index in [1.165, 1.54) is 0 Å². The summed E-state index contributed by atoms with van der Waals surface area (Å²) in [5.41, 5.74) is 1.45. The molecule has 0 radical (unpaired) electrons. The molecule has 0 aliphatic heterocycles. The maximum absolute atomic E-state index is 12.1. The second-order valence-corrected chi connectivity index (χ2v) is 5.07. The third-order valence-electron chi connectivity index (χ3n) is 2.57. The standard InChI is InChI=1S/C14H16ClNO/c1-9(2)6-11(8-16)14(17)12-5-4-10(3)7-13(12)15/h4-5,7,9,11H,6H2,1-3H3. The number of carbonyl (C=O) groups is 1. The molecule has 0 bridgehead atoms. The smallest absolute Gasteiger partial charge is 0.181 e. The second-order valence-electron chi connectivity index (χ2n) is 4.66. The van der Waals surface area contributed by atoms with Crippen molar-refractivity contribution >= 4 is 17.4 Å². The Hall–Kier alpha value is -1.33. The Kier molecular flexibility index (Phi) is 4.72. The summed E-state index contributed by atoms with van der Waals surface area (Å²) in [5.74, 6) is -0.464. The van der Waals surface area contributed by atoms with Gasteiger partial charge in [0.2, 0.25) is 0 Å².